The maximum Gasteiger partial charge on any atom is 0.341 e. The summed E-state index contributed by atoms with van der Waals surface area (Å²) >= 11 is 19.9. The molecule has 7 nitrogen and oxygen atoms in total. The lowest BCUT2D eigenvalue weighted by Gasteiger charge is -2.29. The monoisotopic (exact) mass is 564 g/mol. The molecule has 0 radical (unpaired) electrons. The molecule has 2 saturated heterocycles. The van der Waals surface area contributed by atoms with Gasteiger partial charge < -0.3 is 4.74 Å². The summed E-state index contributed by atoms with van der Waals surface area (Å²) < 4.78 is 4.94. The maximum atomic E-state index is 13.9. The minimum absolute atomic E-state index is 0.192. The molecule has 0 unspecified atom stereocenters. The predicted molar refractivity (Wildman–Crippen MR) is 139 cm³/mol. The number of carbonyl (C=O) groups is 3. The minimum Gasteiger partial charge on any atom is -0.465 e. The van der Waals surface area contributed by atoms with Crippen molar-refractivity contribution in [1.82, 2.24) is 0 Å². The van der Waals surface area contributed by atoms with Crippen LogP contribution in [0.2, 0.25) is 15.1 Å². The number of hydrogen-bond donors (Lipinski definition) is 0. The van der Waals surface area contributed by atoms with E-state index in [4.69, 9.17) is 44.4 Å². The number of fused-ring (bicyclic) bond motifs is 1. The summed E-state index contributed by atoms with van der Waals surface area (Å²) in [4.78, 5) is 48.1. The summed E-state index contributed by atoms with van der Waals surface area (Å²) in [5.74, 6) is -2.61. The first-order chi connectivity index (χ1) is 17.1. The van der Waals surface area contributed by atoms with Crippen LogP contribution >= 0.6 is 46.1 Å². The van der Waals surface area contributed by atoms with Gasteiger partial charge in [-0.3, -0.25) is 14.4 Å². The Morgan fingerprint density at radius 1 is 1.00 bits per heavy atom. The number of rotatable bonds is 4. The van der Waals surface area contributed by atoms with Gasteiger partial charge in [-0.15, -0.1) is 11.3 Å². The van der Waals surface area contributed by atoms with Crippen LogP contribution in [-0.4, -0.2) is 31.0 Å². The number of ether oxygens (including phenoxy) is 1. The van der Waals surface area contributed by atoms with E-state index in [1.165, 1.54) is 23.5 Å². The fourth-order valence-corrected chi connectivity index (χ4v) is 6.39. The smallest absolute Gasteiger partial charge is 0.341 e. The van der Waals surface area contributed by atoms with Gasteiger partial charge in [0.2, 0.25) is 5.91 Å². The van der Waals surface area contributed by atoms with Gasteiger partial charge in [-0.25, -0.2) is 14.8 Å². The number of hydroxylamine groups is 1. The summed E-state index contributed by atoms with van der Waals surface area (Å²) in [6, 6.07) is 11.0. The van der Waals surface area contributed by atoms with Crippen molar-refractivity contribution >= 4 is 74.6 Å². The van der Waals surface area contributed by atoms with Crippen LogP contribution in [0.4, 0.5) is 10.7 Å². The molecule has 3 heterocycles. The molecule has 2 aliphatic rings. The largest absolute Gasteiger partial charge is 0.465 e. The average Bonchev–Trinajstić information content (AvgIpc) is 3.44. The number of carbonyl (C=O) groups excluding carboxylic acids is 3. The Bertz CT molecular complexity index is 1410. The van der Waals surface area contributed by atoms with Gasteiger partial charge in [0.25, 0.3) is 5.91 Å². The minimum atomic E-state index is -1.13. The Morgan fingerprint density at radius 2 is 1.67 bits per heavy atom. The number of methoxy groups -OCH3 is 1. The lowest BCUT2D eigenvalue weighted by molar-refractivity contribution is -0.126. The van der Waals surface area contributed by atoms with Crippen LogP contribution < -0.4 is 9.96 Å². The zero-order chi connectivity index (χ0) is 25.9. The first-order valence-electron chi connectivity index (χ1n) is 10.9. The van der Waals surface area contributed by atoms with Crippen molar-refractivity contribution in [3.63, 3.8) is 0 Å². The van der Waals surface area contributed by atoms with Crippen molar-refractivity contribution in [2.24, 2.45) is 5.92 Å². The van der Waals surface area contributed by atoms with E-state index in [1.54, 1.807) is 49.4 Å². The Labute approximate surface area is 226 Å². The van der Waals surface area contributed by atoms with E-state index in [-0.39, 0.29) is 10.6 Å². The summed E-state index contributed by atoms with van der Waals surface area (Å²) in [7, 11) is 1.26. The Morgan fingerprint density at radius 3 is 2.31 bits per heavy atom. The normalized spacial score (nSPS) is 21.3. The summed E-state index contributed by atoms with van der Waals surface area (Å²) in [5, 5.41) is 3.02. The molecule has 0 saturated carbocycles. The third kappa shape index (κ3) is 3.88. The van der Waals surface area contributed by atoms with Crippen LogP contribution in [-0.2, 0) is 19.2 Å². The van der Waals surface area contributed by atoms with Crippen LogP contribution in [0.5, 0.6) is 0 Å². The van der Waals surface area contributed by atoms with Crippen LogP contribution in [0.25, 0.3) is 0 Å². The van der Waals surface area contributed by atoms with E-state index >= 15 is 0 Å². The number of halogens is 3. The molecule has 3 atom stereocenters. The second kappa shape index (κ2) is 9.36. The third-order valence-electron chi connectivity index (χ3n) is 6.44. The fraction of sp³-hybridized carbons (Fsp3) is 0.240. The summed E-state index contributed by atoms with van der Waals surface area (Å²) in [6.07, 6.45) is -1.13. The molecular weight excluding hydrogens is 547 g/mol. The lowest BCUT2D eigenvalue weighted by atomic mass is 9.90. The highest BCUT2D eigenvalue weighted by Gasteiger charge is 2.61. The number of aryl methyl sites for hydroxylation is 1. The number of imide groups is 1. The van der Waals surface area contributed by atoms with Gasteiger partial charge in [0.05, 0.1) is 24.4 Å². The van der Waals surface area contributed by atoms with E-state index in [9.17, 15) is 14.4 Å². The van der Waals surface area contributed by atoms with Gasteiger partial charge in [-0.2, -0.15) is 0 Å². The second-order valence-electron chi connectivity index (χ2n) is 8.43. The van der Waals surface area contributed by atoms with Crippen molar-refractivity contribution < 1.29 is 24.0 Å². The quantitative estimate of drug-likeness (QED) is 0.278. The number of thiophene rings is 1. The highest BCUT2D eigenvalue weighted by Crippen LogP contribution is 2.51. The average molecular weight is 566 g/mol. The van der Waals surface area contributed by atoms with E-state index in [0.717, 1.165) is 9.78 Å². The van der Waals surface area contributed by atoms with Crippen molar-refractivity contribution in [3.8, 4) is 0 Å². The SMILES string of the molecule is COC(=O)c1c(N2C(=O)[C@H]3[C@H](ON(c4ccc(Cl)cc4)[C@@H]3c3ccc(Cl)cc3Cl)C2=O)sc(C)c1C. The van der Waals surface area contributed by atoms with Gasteiger partial charge in [-0.1, -0.05) is 40.9 Å². The van der Waals surface area contributed by atoms with Crippen molar-refractivity contribution in [2.75, 3.05) is 17.1 Å². The molecular formula is C25H19Cl3N2O5S. The van der Waals surface area contributed by atoms with E-state index in [0.29, 0.717) is 31.9 Å². The molecule has 186 valence electrons. The number of benzene rings is 2. The van der Waals surface area contributed by atoms with E-state index in [1.807, 2.05) is 6.92 Å². The molecule has 0 N–H and O–H groups in total. The van der Waals surface area contributed by atoms with Crippen molar-refractivity contribution in [2.45, 2.75) is 26.0 Å². The molecule has 5 rings (SSSR count). The number of anilines is 2. The van der Waals surface area contributed by atoms with Crippen LogP contribution in [0.15, 0.2) is 42.5 Å². The van der Waals surface area contributed by atoms with Crippen molar-refractivity contribution in [3.05, 3.63) is 79.1 Å². The Balaban J connectivity index is 1.63. The first-order valence-corrected chi connectivity index (χ1v) is 12.8. The molecule has 0 aliphatic carbocycles. The van der Waals surface area contributed by atoms with Gasteiger partial charge >= 0.3 is 5.97 Å². The summed E-state index contributed by atoms with van der Waals surface area (Å²) in [6.45, 7) is 3.57. The molecule has 2 aromatic carbocycles. The number of amides is 2. The number of hydrogen-bond acceptors (Lipinski definition) is 7. The molecule has 0 spiro atoms. The van der Waals surface area contributed by atoms with Crippen LogP contribution in [0, 0.1) is 19.8 Å². The molecule has 0 bridgehead atoms. The zero-order valence-electron chi connectivity index (χ0n) is 19.3. The van der Waals surface area contributed by atoms with E-state index in [2.05, 4.69) is 0 Å². The predicted octanol–water partition coefficient (Wildman–Crippen LogP) is 6.16. The standard InChI is InChI=1S/C25H19Cl3N2O5S/c1-11-12(2)36-24(18(11)25(33)34-3)29-22(31)19-20(16-9-6-14(27)10-17(16)28)30(35-21(19)23(29)32)15-7-4-13(26)5-8-15/h4-10,19-21H,1-3H3/t19-,20-,21+/m1/s1. The fourth-order valence-electron chi connectivity index (χ4n) is 4.59. The molecule has 11 heteroatoms. The zero-order valence-corrected chi connectivity index (χ0v) is 22.3. The number of esters is 1. The summed E-state index contributed by atoms with van der Waals surface area (Å²) in [5.41, 5.74) is 2.01. The van der Waals surface area contributed by atoms with Crippen molar-refractivity contribution in [1.29, 1.82) is 0 Å². The first kappa shape index (κ1) is 25.0. The van der Waals surface area contributed by atoms with Crippen LogP contribution in [0.3, 0.4) is 0 Å². The topological polar surface area (TPSA) is 76.2 Å². The Kier molecular flexibility index (Phi) is 6.51. The molecule has 1 aromatic heterocycles. The molecule has 2 fully saturated rings. The highest BCUT2D eigenvalue weighted by molar-refractivity contribution is 7.17. The molecule has 2 amide bonds. The second-order valence-corrected chi connectivity index (χ2v) is 10.9. The molecule has 36 heavy (non-hydrogen) atoms. The van der Waals surface area contributed by atoms with Gasteiger partial charge in [0.1, 0.15) is 10.9 Å². The maximum absolute atomic E-state index is 13.9. The van der Waals surface area contributed by atoms with Gasteiger partial charge in [-0.05, 0) is 61.4 Å². The van der Waals surface area contributed by atoms with Crippen LogP contribution in [0.1, 0.15) is 32.4 Å². The molecule has 2 aliphatic heterocycles. The number of nitrogens with zero attached hydrogens (tertiary/aromatic N) is 2. The third-order valence-corrected chi connectivity index (χ3v) is 8.44. The highest BCUT2D eigenvalue weighted by atomic mass is 35.5. The Hall–Kier alpha value is -2.62. The molecule has 3 aromatic rings. The van der Waals surface area contributed by atoms with Gasteiger partial charge in [0, 0.05) is 19.9 Å². The van der Waals surface area contributed by atoms with E-state index < -0.39 is 35.8 Å². The van der Waals surface area contributed by atoms with Gasteiger partial charge in [0.15, 0.2) is 6.10 Å². The lowest BCUT2D eigenvalue weighted by Crippen LogP contribution is -2.37.